The van der Waals surface area contributed by atoms with E-state index in [1.165, 1.54) is 4.68 Å². The van der Waals surface area contributed by atoms with Gasteiger partial charge in [0.05, 0.1) is 5.54 Å². The first-order chi connectivity index (χ1) is 7.78. The molecule has 17 heavy (non-hydrogen) atoms. The topological polar surface area (TPSA) is 41.6 Å². The summed E-state index contributed by atoms with van der Waals surface area (Å²) in [5.74, 6) is -3.57. The summed E-state index contributed by atoms with van der Waals surface area (Å²) in [7, 11) is 0. The van der Waals surface area contributed by atoms with E-state index < -0.39 is 17.4 Å². The fraction of sp³-hybridized carbons (Fsp3) is 0.667. The number of hydrogen-bond acceptors (Lipinski definition) is 2. The molecule has 2 atom stereocenters. The summed E-state index contributed by atoms with van der Waals surface area (Å²) in [4.78, 5) is 0. The average molecular weight is 237 g/mol. The zero-order valence-corrected chi connectivity index (χ0v) is 9.96. The smallest absolute Gasteiger partial charge is 0.257 e. The maximum absolute atomic E-state index is 14.1. The fourth-order valence-electron chi connectivity index (χ4n) is 2.76. The van der Waals surface area contributed by atoms with E-state index in [-0.39, 0.29) is 17.3 Å². The van der Waals surface area contributed by atoms with Gasteiger partial charge in [-0.25, -0.2) is 0 Å². The lowest BCUT2D eigenvalue weighted by Crippen LogP contribution is -2.30. The summed E-state index contributed by atoms with van der Waals surface area (Å²) in [5, 5.41) is 13.1. The van der Waals surface area contributed by atoms with Crippen LogP contribution in [-0.4, -0.2) is 9.78 Å². The van der Waals surface area contributed by atoms with E-state index in [1.807, 2.05) is 26.8 Å². The van der Waals surface area contributed by atoms with E-state index in [0.29, 0.717) is 12.0 Å². The minimum Gasteiger partial charge on any atom is -0.257 e. The normalized spacial score (nSPS) is 28.5. The molecule has 1 fully saturated rings. The van der Waals surface area contributed by atoms with Gasteiger partial charge in [-0.05, 0) is 33.1 Å². The van der Waals surface area contributed by atoms with Crippen LogP contribution in [0, 0.1) is 17.2 Å². The third-order valence-corrected chi connectivity index (χ3v) is 3.61. The first-order valence-electron chi connectivity index (χ1n) is 5.70. The Kier molecular flexibility index (Phi) is 1.69. The molecule has 0 amide bonds. The molecular formula is C12H13F2N3. The van der Waals surface area contributed by atoms with Crippen molar-refractivity contribution < 1.29 is 8.78 Å². The Morgan fingerprint density at radius 1 is 1.47 bits per heavy atom. The summed E-state index contributed by atoms with van der Waals surface area (Å²) in [6.07, 6.45) is 0.491. The van der Waals surface area contributed by atoms with Crippen LogP contribution in [0.5, 0.6) is 0 Å². The second-order valence-corrected chi connectivity index (χ2v) is 5.88. The predicted molar refractivity (Wildman–Crippen MR) is 56.7 cm³/mol. The van der Waals surface area contributed by atoms with Crippen molar-refractivity contribution in [3.05, 3.63) is 17.0 Å². The molecule has 1 unspecified atom stereocenters. The van der Waals surface area contributed by atoms with Crippen molar-refractivity contribution in [3.63, 3.8) is 0 Å². The van der Waals surface area contributed by atoms with Crippen molar-refractivity contribution in [2.24, 2.45) is 5.92 Å². The molecule has 0 saturated heterocycles. The van der Waals surface area contributed by atoms with Crippen molar-refractivity contribution in [2.45, 2.75) is 44.6 Å². The molecular weight excluding hydrogens is 224 g/mol. The lowest BCUT2D eigenvalue weighted by molar-refractivity contribution is -0.0342. The Bertz CT molecular complexity index is 545. The molecule has 2 aliphatic rings. The van der Waals surface area contributed by atoms with Gasteiger partial charge < -0.3 is 0 Å². The van der Waals surface area contributed by atoms with Gasteiger partial charge in [-0.3, -0.25) is 4.68 Å². The Hall–Kier alpha value is -1.44. The molecule has 90 valence electrons. The third kappa shape index (κ3) is 1.16. The van der Waals surface area contributed by atoms with Gasteiger partial charge in [0.1, 0.15) is 11.8 Å². The maximum atomic E-state index is 14.1. The Labute approximate surface area is 98.0 Å². The Morgan fingerprint density at radius 2 is 2.12 bits per heavy atom. The van der Waals surface area contributed by atoms with E-state index in [4.69, 9.17) is 5.26 Å². The molecule has 0 radical (unpaired) electrons. The van der Waals surface area contributed by atoms with Crippen molar-refractivity contribution in [1.82, 2.24) is 9.78 Å². The second kappa shape index (κ2) is 2.69. The lowest BCUT2D eigenvalue weighted by atomic mass is 10.1. The monoisotopic (exact) mass is 237 g/mol. The highest BCUT2D eigenvalue weighted by molar-refractivity contribution is 5.50. The van der Waals surface area contributed by atoms with Crippen molar-refractivity contribution >= 4 is 0 Å². The number of hydrogen-bond donors (Lipinski definition) is 0. The number of halogens is 2. The van der Waals surface area contributed by atoms with Gasteiger partial charge in [0.2, 0.25) is 0 Å². The summed E-state index contributed by atoms with van der Waals surface area (Å²) >= 11 is 0. The van der Waals surface area contributed by atoms with Crippen LogP contribution in [-0.2, 0) is 11.5 Å². The van der Waals surface area contributed by atoms with Crippen molar-refractivity contribution in [3.8, 4) is 6.07 Å². The van der Waals surface area contributed by atoms with Crippen LogP contribution >= 0.6 is 0 Å². The number of aromatic nitrogens is 2. The molecule has 3 nitrogen and oxygen atoms in total. The first kappa shape index (κ1) is 10.7. The number of nitrogens with zero attached hydrogens (tertiary/aromatic N) is 3. The van der Waals surface area contributed by atoms with Crippen molar-refractivity contribution in [2.75, 3.05) is 0 Å². The molecule has 2 aliphatic carbocycles. The highest BCUT2D eigenvalue weighted by Crippen LogP contribution is 2.67. The van der Waals surface area contributed by atoms with E-state index in [1.54, 1.807) is 0 Å². The van der Waals surface area contributed by atoms with E-state index in [9.17, 15) is 8.78 Å². The van der Waals surface area contributed by atoms with Gasteiger partial charge >= 0.3 is 0 Å². The zero-order valence-electron chi connectivity index (χ0n) is 9.96. The Balaban J connectivity index is 2.30. The van der Waals surface area contributed by atoms with Crippen LogP contribution in [0.25, 0.3) is 0 Å². The molecule has 5 heteroatoms. The number of rotatable bonds is 0. The van der Waals surface area contributed by atoms with Gasteiger partial charge in [-0.1, -0.05) is 0 Å². The van der Waals surface area contributed by atoms with Crippen LogP contribution in [0.4, 0.5) is 8.78 Å². The molecule has 1 heterocycles. The number of fused-ring (bicyclic) bond motifs is 3. The minimum absolute atomic E-state index is 0.0252. The molecule has 1 saturated carbocycles. The quantitative estimate of drug-likeness (QED) is 0.696. The highest BCUT2D eigenvalue weighted by Gasteiger charge is 2.67. The SMILES string of the molecule is CC(C)(C)n1nc(C#N)c2c1C(F)(F)C1C[C@H]21. The maximum Gasteiger partial charge on any atom is 0.293 e. The first-order valence-corrected chi connectivity index (χ1v) is 5.70. The summed E-state index contributed by atoms with van der Waals surface area (Å²) in [6.45, 7) is 5.46. The summed E-state index contributed by atoms with van der Waals surface area (Å²) in [6, 6.07) is 1.95. The highest BCUT2D eigenvalue weighted by atomic mass is 19.3. The molecule has 1 aromatic heterocycles. The van der Waals surface area contributed by atoms with E-state index >= 15 is 0 Å². The molecule has 1 aromatic rings. The average Bonchev–Trinajstić information content (AvgIpc) is 2.83. The largest absolute Gasteiger partial charge is 0.293 e. The zero-order chi connectivity index (χ0) is 12.6. The van der Waals surface area contributed by atoms with Crippen LogP contribution in [0.3, 0.4) is 0 Å². The van der Waals surface area contributed by atoms with Crippen LogP contribution < -0.4 is 0 Å². The fourth-order valence-corrected chi connectivity index (χ4v) is 2.76. The van der Waals surface area contributed by atoms with Crippen LogP contribution in [0.1, 0.15) is 50.1 Å². The lowest BCUT2D eigenvalue weighted by Gasteiger charge is -2.25. The molecule has 0 N–H and O–H groups in total. The minimum atomic E-state index is -2.82. The van der Waals surface area contributed by atoms with E-state index in [0.717, 1.165) is 0 Å². The molecule has 0 aliphatic heterocycles. The standard InChI is InChI=1S/C12H13F2N3/c1-11(2,3)17-10-9(8(5-15)16-17)6-4-7(6)12(10,13)14/h6-7H,4H2,1-3H3/t6-,7?/m0/s1. The Morgan fingerprint density at radius 3 is 2.65 bits per heavy atom. The van der Waals surface area contributed by atoms with Crippen LogP contribution in [0.15, 0.2) is 0 Å². The van der Waals surface area contributed by atoms with Gasteiger partial charge in [-0.15, -0.1) is 0 Å². The molecule has 0 bridgehead atoms. The predicted octanol–water partition coefficient (Wildman–Crippen LogP) is 2.72. The van der Waals surface area contributed by atoms with Gasteiger partial charge in [0.25, 0.3) is 5.92 Å². The second-order valence-electron chi connectivity index (χ2n) is 5.88. The summed E-state index contributed by atoms with van der Waals surface area (Å²) in [5.41, 5.74) is 0.124. The van der Waals surface area contributed by atoms with E-state index in [2.05, 4.69) is 5.10 Å². The molecule has 0 spiro atoms. The van der Waals surface area contributed by atoms with Crippen LogP contribution in [0.2, 0.25) is 0 Å². The summed E-state index contributed by atoms with van der Waals surface area (Å²) < 4.78 is 29.6. The van der Waals surface area contributed by atoms with Gasteiger partial charge in [0.15, 0.2) is 5.69 Å². The number of nitriles is 1. The van der Waals surface area contributed by atoms with Gasteiger partial charge in [0, 0.05) is 11.5 Å². The number of alkyl halides is 2. The third-order valence-electron chi connectivity index (χ3n) is 3.61. The van der Waals surface area contributed by atoms with Crippen molar-refractivity contribution in [1.29, 1.82) is 5.26 Å². The van der Waals surface area contributed by atoms with Gasteiger partial charge in [-0.2, -0.15) is 19.1 Å². The molecule has 3 rings (SSSR count). The molecule has 0 aromatic carbocycles.